The highest BCUT2D eigenvalue weighted by atomic mass is 35.5. The molecule has 0 bridgehead atoms. The molecule has 0 fully saturated rings. The molecule has 26 heavy (non-hydrogen) atoms. The number of nitrogens with one attached hydrogen (secondary N) is 2. The maximum Gasteiger partial charge on any atom is 0.229 e. The van der Waals surface area contributed by atoms with Crippen LogP contribution in [-0.2, 0) is 11.2 Å². The van der Waals surface area contributed by atoms with E-state index in [4.69, 9.17) is 16.3 Å². The molecule has 132 valence electrons. The van der Waals surface area contributed by atoms with Crippen molar-refractivity contribution >= 4 is 34.7 Å². The molecule has 0 spiro atoms. The third kappa shape index (κ3) is 4.97. The molecule has 6 heteroatoms. The molecule has 0 radical (unpaired) electrons. The molecule has 3 rings (SSSR count). The zero-order chi connectivity index (χ0) is 18.4. The zero-order valence-corrected chi connectivity index (χ0v) is 15.0. The largest absolute Gasteiger partial charge is 0.497 e. The van der Waals surface area contributed by atoms with Crippen molar-refractivity contribution in [3.8, 4) is 5.75 Å². The Bertz CT molecular complexity index is 863. The molecule has 3 aromatic rings. The smallest absolute Gasteiger partial charge is 0.229 e. The van der Waals surface area contributed by atoms with Gasteiger partial charge in [-0.05, 0) is 54.1 Å². The normalized spacial score (nSPS) is 10.2. The summed E-state index contributed by atoms with van der Waals surface area (Å²) in [6, 6.07) is 18.4. The van der Waals surface area contributed by atoms with Crippen LogP contribution in [0, 0.1) is 0 Å². The van der Waals surface area contributed by atoms with Gasteiger partial charge in [-0.25, -0.2) is 4.98 Å². The second-order valence-corrected chi connectivity index (χ2v) is 6.07. The van der Waals surface area contributed by atoms with Crippen LogP contribution in [0.3, 0.4) is 0 Å². The Morgan fingerprint density at radius 1 is 1.00 bits per heavy atom. The van der Waals surface area contributed by atoms with Crippen molar-refractivity contribution in [2.75, 3.05) is 17.7 Å². The first-order valence-electron chi connectivity index (χ1n) is 8.04. The van der Waals surface area contributed by atoms with E-state index < -0.39 is 0 Å². The van der Waals surface area contributed by atoms with Gasteiger partial charge in [-0.1, -0.05) is 23.7 Å². The SMILES string of the molecule is COc1ccc(CC(=O)Nc2ccc(Nc3ccc(Cl)cc3)cn2)cc1. The van der Waals surface area contributed by atoms with Gasteiger partial charge in [0, 0.05) is 10.7 Å². The van der Waals surface area contributed by atoms with Crippen LogP contribution in [0.1, 0.15) is 5.56 Å². The van der Waals surface area contributed by atoms with Gasteiger partial charge in [0.1, 0.15) is 11.6 Å². The van der Waals surface area contributed by atoms with Gasteiger partial charge in [-0.15, -0.1) is 0 Å². The van der Waals surface area contributed by atoms with E-state index >= 15 is 0 Å². The lowest BCUT2D eigenvalue weighted by atomic mass is 10.1. The molecule has 0 aliphatic rings. The number of nitrogens with zero attached hydrogens (tertiary/aromatic N) is 1. The van der Waals surface area contributed by atoms with Crippen LogP contribution in [0.2, 0.25) is 5.02 Å². The number of anilines is 3. The summed E-state index contributed by atoms with van der Waals surface area (Å²) in [5.41, 5.74) is 2.64. The van der Waals surface area contributed by atoms with Crippen LogP contribution in [0.5, 0.6) is 5.75 Å². The Labute approximate surface area is 157 Å². The number of methoxy groups -OCH3 is 1. The van der Waals surface area contributed by atoms with E-state index in [0.717, 1.165) is 22.7 Å². The summed E-state index contributed by atoms with van der Waals surface area (Å²) in [4.78, 5) is 16.4. The topological polar surface area (TPSA) is 63.2 Å². The van der Waals surface area contributed by atoms with E-state index in [1.54, 1.807) is 19.4 Å². The number of carbonyl (C=O) groups excluding carboxylic acids is 1. The fraction of sp³-hybridized carbons (Fsp3) is 0.100. The van der Waals surface area contributed by atoms with E-state index in [0.29, 0.717) is 10.8 Å². The Morgan fingerprint density at radius 3 is 2.31 bits per heavy atom. The Morgan fingerprint density at radius 2 is 1.69 bits per heavy atom. The molecule has 0 saturated heterocycles. The van der Waals surface area contributed by atoms with E-state index in [2.05, 4.69) is 15.6 Å². The van der Waals surface area contributed by atoms with Crippen LogP contribution in [0.4, 0.5) is 17.2 Å². The molecule has 2 N–H and O–H groups in total. The second kappa shape index (κ2) is 8.36. The van der Waals surface area contributed by atoms with Crippen LogP contribution >= 0.6 is 11.6 Å². The first kappa shape index (κ1) is 17.8. The average molecular weight is 368 g/mol. The van der Waals surface area contributed by atoms with Gasteiger partial charge in [-0.3, -0.25) is 4.79 Å². The minimum absolute atomic E-state index is 0.124. The van der Waals surface area contributed by atoms with Gasteiger partial charge < -0.3 is 15.4 Å². The van der Waals surface area contributed by atoms with Crippen molar-refractivity contribution in [3.63, 3.8) is 0 Å². The number of pyridine rings is 1. The predicted molar refractivity (Wildman–Crippen MR) is 104 cm³/mol. The summed E-state index contributed by atoms with van der Waals surface area (Å²) in [5, 5.41) is 6.69. The summed E-state index contributed by atoms with van der Waals surface area (Å²) >= 11 is 5.87. The first-order valence-corrected chi connectivity index (χ1v) is 8.41. The quantitative estimate of drug-likeness (QED) is 0.664. The number of hydrogen-bond acceptors (Lipinski definition) is 4. The van der Waals surface area contributed by atoms with Crippen molar-refractivity contribution in [2.24, 2.45) is 0 Å². The Hall–Kier alpha value is -3.05. The van der Waals surface area contributed by atoms with Crippen LogP contribution in [-0.4, -0.2) is 18.0 Å². The summed E-state index contributed by atoms with van der Waals surface area (Å²) in [5.74, 6) is 1.14. The number of amides is 1. The maximum atomic E-state index is 12.1. The third-order valence-corrected chi connectivity index (χ3v) is 3.94. The molecule has 1 amide bonds. The first-order chi connectivity index (χ1) is 12.6. The van der Waals surface area contributed by atoms with Crippen LogP contribution in [0.25, 0.3) is 0 Å². The number of carbonyl (C=O) groups is 1. The Kier molecular flexibility index (Phi) is 5.71. The molecular formula is C20H18ClN3O2. The van der Waals surface area contributed by atoms with Crippen molar-refractivity contribution < 1.29 is 9.53 Å². The van der Waals surface area contributed by atoms with Gasteiger partial charge >= 0.3 is 0 Å². The summed E-state index contributed by atoms with van der Waals surface area (Å²) < 4.78 is 5.11. The van der Waals surface area contributed by atoms with E-state index in [-0.39, 0.29) is 12.3 Å². The zero-order valence-electron chi connectivity index (χ0n) is 14.2. The summed E-state index contributed by atoms with van der Waals surface area (Å²) in [6.07, 6.45) is 1.94. The summed E-state index contributed by atoms with van der Waals surface area (Å²) in [6.45, 7) is 0. The monoisotopic (exact) mass is 367 g/mol. The lowest BCUT2D eigenvalue weighted by Crippen LogP contribution is -2.15. The van der Waals surface area contributed by atoms with Gasteiger partial charge in [0.2, 0.25) is 5.91 Å². The predicted octanol–water partition coefficient (Wildman–Crippen LogP) is 4.67. The number of ether oxygens (including phenoxy) is 1. The lowest BCUT2D eigenvalue weighted by molar-refractivity contribution is -0.115. The van der Waals surface area contributed by atoms with Crippen LogP contribution in [0.15, 0.2) is 66.9 Å². The van der Waals surface area contributed by atoms with E-state index in [1.165, 1.54) is 0 Å². The number of aromatic nitrogens is 1. The molecule has 1 aromatic heterocycles. The summed E-state index contributed by atoms with van der Waals surface area (Å²) in [7, 11) is 1.61. The molecular weight excluding hydrogens is 350 g/mol. The molecule has 0 unspecified atom stereocenters. The second-order valence-electron chi connectivity index (χ2n) is 5.64. The van der Waals surface area contributed by atoms with Crippen LogP contribution < -0.4 is 15.4 Å². The number of benzene rings is 2. The van der Waals surface area contributed by atoms with Gasteiger partial charge in [0.05, 0.1) is 25.4 Å². The molecule has 0 aliphatic heterocycles. The van der Waals surface area contributed by atoms with Gasteiger partial charge in [-0.2, -0.15) is 0 Å². The number of halogens is 1. The number of rotatable bonds is 6. The molecule has 0 aliphatic carbocycles. The molecule has 0 saturated carbocycles. The van der Waals surface area contributed by atoms with Gasteiger partial charge in [0.15, 0.2) is 0 Å². The molecule has 1 heterocycles. The van der Waals surface area contributed by atoms with Crippen molar-refractivity contribution in [1.29, 1.82) is 0 Å². The average Bonchev–Trinajstić information content (AvgIpc) is 2.66. The minimum atomic E-state index is -0.124. The fourth-order valence-corrected chi connectivity index (χ4v) is 2.48. The minimum Gasteiger partial charge on any atom is -0.497 e. The van der Waals surface area contributed by atoms with E-state index in [1.807, 2.05) is 54.6 Å². The molecule has 2 aromatic carbocycles. The van der Waals surface area contributed by atoms with Crippen molar-refractivity contribution in [1.82, 2.24) is 4.98 Å². The van der Waals surface area contributed by atoms with E-state index in [9.17, 15) is 4.79 Å². The molecule has 5 nitrogen and oxygen atoms in total. The lowest BCUT2D eigenvalue weighted by Gasteiger charge is -2.08. The van der Waals surface area contributed by atoms with Crippen molar-refractivity contribution in [2.45, 2.75) is 6.42 Å². The highest BCUT2D eigenvalue weighted by Gasteiger charge is 2.06. The highest BCUT2D eigenvalue weighted by Crippen LogP contribution is 2.19. The fourth-order valence-electron chi connectivity index (χ4n) is 2.36. The maximum absolute atomic E-state index is 12.1. The standard InChI is InChI=1S/C20H18ClN3O2/c1-26-18-9-2-14(3-10-18)12-20(25)24-19-11-8-17(13-22-19)23-16-6-4-15(21)5-7-16/h2-11,13,23H,12H2,1H3,(H,22,24,25). The van der Waals surface area contributed by atoms with Gasteiger partial charge in [0.25, 0.3) is 0 Å². The third-order valence-electron chi connectivity index (χ3n) is 3.69. The van der Waals surface area contributed by atoms with Crippen molar-refractivity contribution in [3.05, 3.63) is 77.4 Å². The number of hydrogen-bond donors (Lipinski definition) is 2. The molecule has 0 atom stereocenters. The highest BCUT2D eigenvalue weighted by molar-refractivity contribution is 6.30. The Balaban J connectivity index is 1.56.